The summed E-state index contributed by atoms with van der Waals surface area (Å²) in [6.45, 7) is 2.70. The van der Waals surface area contributed by atoms with Crippen molar-refractivity contribution in [3.63, 3.8) is 0 Å². The second-order valence-corrected chi connectivity index (χ2v) is 5.71. The van der Waals surface area contributed by atoms with E-state index in [9.17, 15) is 9.59 Å². The Morgan fingerprint density at radius 1 is 1.15 bits per heavy atom. The standard InChI is InChI=1S/C15H21N3O2/c19-14(11-13-5-2-6-16-13)17-7-9-18(10-8-17)15(20)12-3-1-4-12/h2,5-6,12,16H,1,3-4,7-11H2. The highest BCUT2D eigenvalue weighted by Gasteiger charge is 2.31. The van der Waals surface area contributed by atoms with Crippen LogP contribution in [-0.2, 0) is 16.0 Å². The molecule has 0 spiro atoms. The van der Waals surface area contributed by atoms with Crippen LogP contribution in [0.5, 0.6) is 0 Å². The predicted molar refractivity (Wildman–Crippen MR) is 75.0 cm³/mol. The van der Waals surface area contributed by atoms with Crippen LogP contribution in [-0.4, -0.2) is 52.8 Å². The Hall–Kier alpha value is -1.78. The van der Waals surface area contributed by atoms with Gasteiger partial charge in [0.1, 0.15) is 0 Å². The molecule has 2 amide bonds. The molecule has 1 aromatic rings. The first kappa shape index (κ1) is 13.2. The molecule has 108 valence electrons. The SMILES string of the molecule is O=C(Cc1ccc[nH]1)N1CCN(C(=O)C2CCC2)CC1. The van der Waals surface area contributed by atoms with E-state index in [4.69, 9.17) is 0 Å². The number of piperazine rings is 1. The molecule has 1 saturated carbocycles. The average molecular weight is 275 g/mol. The fourth-order valence-corrected chi connectivity index (χ4v) is 2.84. The molecular formula is C15H21N3O2. The van der Waals surface area contributed by atoms with E-state index in [0.29, 0.717) is 38.5 Å². The monoisotopic (exact) mass is 275 g/mol. The fraction of sp³-hybridized carbons (Fsp3) is 0.600. The summed E-state index contributed by atoms with van der Waals surface area (Å²) in [5, 5.41) is 0. The number of hydrogen-bond acceptors (Lipinski definition) is 2. The zero-order valence-electron chi connectivity index (χ0n) is 11.7. The molecule has 2 heterocycles. The predicted octanol–water partition coefficient (Wildman–Crippen LogP) is 1.03. The van der Waals surface area contributed by atoms with Crippen molar-refractivity contribution in [2.75, 3.05) is 26.2 Å². The maximum Gasteiger partial charge on any atom is 0.228 e. The van der Waals surface area contributed by atoms with Crippen LogP contribution in [0.3, 0.4) is 0 Å². The van der Waals surface area contributed by atoms with Gasteiger partial charge in [0.25, 0.3) is 0 Å². The third kappa shape index (κ3) is 2.71. The summed E-state index contributed by atoms with van der Waals surface area (Å²) < 4.78 is 0. The number of hydrogen-bond donors (Lipinski definition) is 1. The first-order valence-corrected chi connectivity index (χ1v) is 7.43. The van der Waals surface area contributed by atoms with Crippen molar-refractivity contribution in [2.24, 2.45) is 5.92 Å². The quantitative estimate of drug-likeness (QED) is 0.895. The highest BCUT2D eigenvalue weighted by atomic mass is 16.2. The van der Waals surface area contributed by atoms with E-state index in [2.05, 4.69) is 4.98 Å². The molecule has 1 saturated heterocycles. The molecule has 20 heavy (non-hydrogen) atoms. The molecule has 0 aromatic carbocycles. The van der Waals surface area contributed by atoms with Crippen LogP contribution < -0.4 is 0 Å². The van der Waals surface area contributed by atoms with Gasteiger partial charge in [-0.25, -0.2) is 0 Å². The number of nitrogens with zero attached hydrogens (tertiary/aromatic N) is 2. The maximum atomic E-state index is 12.1. The van der Waals surface area contributed by atoms with E-state index in [1.54, 1.807) is 0 Å². The van der Waals surface area contributed by atoms with Gasteiger partial charge in [-0.15, -0.1) is 0 Å². The van der Waals surface area contributed by atoms with E-state index in [-0.39, 0.29) is 11.8 Å². The highest BCUT2D eigenvalue weighted by molar-refractivity contribution is 5.81. The number of rotatable bonds is 3. The second kappa shape index (κ2) is 5.69. The number of carbonyl (C=O) groups is 2. The summed E-state index contributed by atoms with van der Waals surface area (Å²) in [6.07, 6.45) is 5.53. The number of aromatic nitrogens is 1. The van der Waals surface area contributed by atoms with Crippen molar-refractivity contribution in [3.8, 4) is 0 Å². The van der Waals surface area contributed by atoms with Gasteiger partial charge in [-0.05, 0) is 25.0 Å². The molecule has 0 unspecified atom stereocenters. The van der Waals surface area contributed by atoms with Crippen LogP contribution in [0.4, 0.5) is 0 Å². The lowest BCUT2D eigenvalue weighted by Crippen LogP contribution is -2.52. The van der Waals surface area contributed by atoms with Crippen molar-refractivity contribution in [2.45, 2.75) is 25.7 Å². The van der Waals surface area contributed by atoms with Gasteiger partial charge in [0, 0.05) is 44.0 Å². The Balaban J connectivity index is 1.48. The molecule has 2 aliphatic rings. The van der Waals surface area contributed by atoms with Crippen molar-refractivity contribution < 1.29 is 9.59 Å². The minimum absolute atomic E-state index is 0.142. The van der Waals surface area contributed by atoms with Crippen LogP contribution in [0, 0.1) is 5.92 Å². The lowest BCUT2D eigenvalue weighted by Gasteiger charge is -2.38. The molecule has 0 bridgehead atoms. The van der Waals surface area contributed by atoms with E-state index < -0.39 is 0 Å². The number of carbonyl (C=O) groups excluding carboxylic acids is 2. The van der Waals surface area contributed by atoms with Gasteiger partial charge in [-0.2, -0.15) is 0 Å². The summed E-state index contributed by atoms with van der Waals surface area (Å²) in [5.74, 6) is 0.701. The average Bonchev–Trinajstić information content (AvgIpc) is 2.89. The summed E-state index contributed by atoms with van der Waals surface area (Å²) in [7, 11) is 0. The van der Waals surface area contributed by atoms with Crippen LogP contribution >= 0.6 is 0 Å². The van der Waals surface area contributed by atoms with Crippen molar-refractivity contribution in [1.29, 1.82) is 0 Å². The minimum Gasteiger partial charge on any atom is -0.365 e. The topological polar surface area (TPSA) is 56.4 Å². The van der Waals surface area contributed by atoms with Gasteiger partial charge >= 0.3 is 0 Å². The van der Waals surface area contributed by atoms with Crippen LogP contribution in [0.2, 0.25) is 0 Å². The first-order valence-electron chi connectivity index (χ1n) is 7.43. The second-order valence-electron chi connectivity index (χ2n) is 5.71. The molecular weight excluding hydrogens is 254 g/mol. The van der Waals surface area contributed by atoms with Crippen LogP contribution in [0.1, 0.15) is 25.0 Å². The summed E-state index contributed by atoms with van der Waals surface area (Å²) in [4.78, 5) is 31.1. The number of aromatic amines is 1. The largest absolute Gasteiger partial charge is 0.365 e. The van der Waals surface area contributed by atoms with E-state index in [1.165, 1.54) is 6.42 Å². The molecule has 2 fully saturated rings. The Bertz CT molecular complexity index is 471. The zero-order chi connectivity index (χ0) is 13.9. The molecule has 1 aliphatic carbocycles. The Kier molecular flexibility index (Phi) is 3.76. The molecule has 5 heteroatoms. The molecule has 1 aliphatic heterocycles. The first-order chi connectivity index (χ1) is 9.74. The molecule has 1 aromatic heterocycles. The van der Waals surface area contributed by atoms with Crippen molar-refractivity contribution >= 4 is 11.8 Å². The van der Waals surface area contributed by atoms with Gasteiger partial charge in [-0.3, -0.25) is 9.59 Å². The molecule has 5 nitrogen and oxygen atoms in total. The van der Waals surface area contributed by atoms with Gasteiger partial charge in [0.15, 0.2) is 0 Å². The summed E-state index contributed by atoms with van der Waals surface area (Å²) in [5.41, 5.74) is 0.947. The minimum atomic E-state index is 0.142. The molecule has 1 N–H and O–H groups in total. The highest BCUT2D eigenvalue weighted by Crippen LogP contribution is 2.28. The van der Waals surface area contributed by atoms with Gasteiger partial charge in [0.05, 0.1) is 6.42 Å². The van der Waals surface area contributed by atoms with Crippen molar-refractivity contribution in [1.82, 2.24) is 14.8 Å². The number of H-pyrrole nitrogens is 1. The summed E-state index contributed by atoms with van der Waals surface area (Å²) >= 11 is 0. The summed E-state index contributed by atoms with van der Waals surface area (Å²) in [6, 6.07) is 3.83. The Morgan fingerprint density at radius 2 is 1.85 bits per heavy atom. The molecule has 3 rings (SSSR count). The van der Waals surface area contributed by atoms with Crippen molar-refractivity contribution in [3.05, 3.63) is 24.0 Å². The number of nitrogens with one attached hydrogen (secondary N) is 1. The van der Waals surface area contributed by atoms with Gasteiger partial charge < -0.3 is 14.8 Å². The van der Waals surface area contributed by atoms with E-state index in [0.717, 1.165) is 18.5 Å². The smallest absolute Gasteiger partial charge is 0.228 e. The zero-order valence-corrected chi connectivity index (χ0v) is 11.7. The van der Waals surface area contributed by atoms with E-state index >= 15 is 0 Å². The maximum absolute atomic E-state index is 12.1. The Labute approximate surface area is 118 Å². The normalized spacial score (nSPS) is 19.8. The number of amides is 2. The molecule has 0 radical (unpaired) electrons. The van der Waals surface area contributed by atoms with Crippen LogP contribution in [0.25, 0.3) is 0 Å². The van der Waals surface area contributed by atoms with E-state index in [1.807, 2.05) is 28.1 Å². The third-order valence-corrected chi connectivity index (χ3v) is 4.40. The lowest BCUT2D eigenvalue weighted by atomic mass is 9.84. The van der Waals surface area contributed by atoms with Gasteiger partial charge in [0.2, 0.25) is 11.8 Å². The fourth-order valence-electron chi connectivity index (χ4n) is 2.84. The molecule has 0 atom stereocenters. The third-order valence-electron chi connectivity index (χ3n) is 4.40. The van der Waals surface area contributed by atoms with Gasteiger partial charge in [-0.1, -0.05) is 6.42 Å². The lowest BCUT2D eigenvalue weighted by molar-refractivity contribution is -0.143. The Morgan fingerprint density at radius 3 is 2.40 bits per heavy atom. The van der Waals surface area contributed by atoms with Crippen LogP contribution in [0.15, 0.2) is 18.3 Å².